The zero-order valence-electron chi connectivity index (χ0n) is 16.1. The van der Waals surface area contributed by atoms with Crippen LogP contribution in [-0.2, 0) is 4.79 Å². The second kappa shape index (κ2) is 8.00. The highest BCUT2D eigenvalue weighted by Crippen LogP contribution is 2.23. The topological polar surface area (TPSA) is 55.8 Å². The van der Waals surface area contributed by atoms with Crippen LogP contribution in [0.15, 0.2) is 36.5 Å². The molecule has 3 heterocycles. The second-order valence-corrected chi connectivity index (χ2v) is 7.13. The maximum atomic E-state index is 14.0. The van der Waals surface area contributed by atoms with Crippen LogP contribution in [0.25, 0.3) is 0 Å². The van der Waals surface area contributed by atoms with E-state index >= 15 is 0 Å². The lowest BCUT2D eigenvalue weighted by Crippen LogP contribution is -2.49. The first-order valence-electron chi connectivity index (χ1n) is 9.70. The number of para-hydroxylation sites is 1. The van der Waals surface area contributed by atoms with Crippen molar-refractivity contribution in [3.05, 3.63) is 42.3 Å². The number of hydrogen-bond acceptors (Lipinski definition) is 6. The highest BCUT2D eigenvalue weighted by atomic mass is 19.1. The summed E-state index contributed by atoms with van der Waals surface area (Å²) in [5.41, 5.74) is 0.661. The molecule has 0 saturated carbocycles. The Morgan fingerprint density at radius 3 is 2.21 bits per heavy atom. The normalized spacial score (nSPS) is 17.8. The second-order valence-electron chi connectivity index (χ2n) is 7.13. The van der Waals surface area contributed by atoms with Crippen LogP contribution in [0.3, 0.4) is 0 Å². The van der Waals surface area contributed by atoms with Gasteiger partial charge in [-0.05, 0) is 18.2 Å². The molecule has 7 nitrogen and oxygen atoms in total. The molecule has 148 valence electrons. The summed E-state index contributed by atoms with van der Waals surface area (Å²) in [7, 11) is 0. The smallest absolute Gasteiger partial charge is 0.227 e. The third-order valence-corrected chi connectivity index (χ3v) is 5.43. The molecule has 0 atom stereocenters. The van der Waals surface area contributed by atoms with E-state index in [2.05, 4.69) is 19.7 Å². The van der Waals surface area contributed by atoms with E-state index in [4.69, 9.17) is 4.98 Å². The molecule has 0 bridgehead atoms. The van der Waals surface area contributed by atoms with Gasteiger partial charge in [-0.15, -0.1) is 0 Å². The first-order chi connectivity index (χ1) is 13.6. The summed E-state index contributed by atoms with van der Waals surface area (Å²) in [6.07, 6.45) is 1.79. The maximum Gasteiger partial charge on any atom is 0.227 e. The summed E-state index contributed by atoms with van der Waals surface area (Å²) in [6, 6.07) is 8.84. The van der Waals surface area contributed by atoms with Crippen molar-refractivity contribution in [1.29, 1.82) is 0 Å². The number of hydrogen-bond donors (Lipinski definition) is 0. The van der Waals surface area contributed by atoms with E-state index in [0.717, 1.165) is 45.1 Å². The molecule has 0 spiro atoms. The highest BCUT2D eigenvalue weighted by Gasteiger charge is 2.23. The number of piperazine rings is 2. The van der Waals surface area contributed by atoms with E-state index in [0.29, 0.717) is 24.7 Å². The average molecular weight is 384 g/mol. The molecule has 2 fully saturated rings. The molecule has 28 heavy (non-hydrogen) atoms. The van der Waals surface area contributed by atoms with Crippen LogP contribution in [0, 0.1) is 5.82 Å². The number of halogens is 1. The molecular formula is C20H25FN6O. The van der Waals surface area contributed by atoms with E-state index in [9.17, 15) is 9.18 Å². The predicted molar refractivity (Wildman–Crippen MR) is 107 cm³/mol. The molecule has 0 unspecified atom stereocenters. The van der Waals surface area contributed by atoms with Crippen LogP contribution < -0.4 is 14.7 Å². The van der Waals surface area contributed by atoms with E-state index in [-0.39, 0.29) is 11.7 Å². The fourth-order valence-electron chi connectivity index (χ4n) is 3.77. The van der Waals surface area contributed by atoms with Crippen LogP contribution in [-0.4, -0.2) is 73.1 Å². The number of amides is 1. The zero-order valence-corrected chi connectivity index (χ0v) is 16.1. The van der Waals surface area contributed by atoms with Crippen molar-refractivity contribution >= 4 is 23.4 Å². The van der Waals surface area contributed by atoms with E-state index < -0.39 is 0 Å². The van der Waals surface area contributed by atoms with Crippen molar-refractivity contribution < 1.29 is 9.18 Å². The summed E-state index contributed by atoms with van der Waals surface area (Å²) in [5, 5.41) is 0. The largest absolute Gasteiger partial charge is 0.366 e. The molecule has 2 aromatic rings. The van der Waals surface area contributed by atoms with Crippen molar-refractivity contribution in [1.82, 2.24) is 14.9 Å². The van der Waals surface area contributed by atoms with Gasteiger partial charge in [-0.3, -0.25) is 4.79 Å². The Bertz CT molecular complexity index is 831. The van der Waals surface area contributed by atoms with Crippen molar-refractivity contribution in [2.75, 3.05) is 67.1 Å². The van der Waals surface area contributed by atoms with Crippen LogP contribution in [0.2, 0.25) is 0 Å². The first-order valence-corrected chi connectivity index (χ1v) is 9.70. The molecule has 0 radical (unpaired) electrons. The number of carbonyl (C=O) groups excluding carboxylic acids is 1. The minimum atomic E-state index is -0.176. The van der Waals surface area contributed by atoms with Crippen LogP contribution >= 0.6 is 0 Å². The Kier molecular flexibility index (Phi) is 5.27. The Morgan fingerprint density at radius 1 is 0.893 bits per heavy atom. The summed E-state index contributed by atoms with van der Waals surface area (Å²) in [5.74, 6) is 1.54. The molecule has 2 aliphatic heterocycles. The van der Waals surface area contributed by atoms with Gasteiger partial charge in [0.15, 0.2) is 0 Å². The van der Waals surface area contributed by atoms with Gasteiger partial charge in [0.05, 0.1) is 5.69 Å². The van der Waals surface area contributed by atoms with Gasteiger partial charge in [0.25, 0.3) is 0 Å². The van der Waals surface area contributed by atoms with Crippen molar-refractivity contribution in [2.45, 2.75) is 6.92 Å². The lowest BCUT2D eigenvalue weighted by Gasteiger charge is -2.37. The van der Waals surface area contributed by atoms with Crippen molar-refractivity contribution in [3.63, 3.8) is 0 Å². The standard InChI is InChI=1S/C20H25FN6O/c1-16(28)24-8-14-27(15-9-24)20-22-7-6-19(23-20)26-12-10-25(11-13-26)18-5-3-2-4-17(18)21/h2-7H,8-15H2,1H3. The lowest BCUT2D eigenvalue weighted by molar-refractivity contribution is -0.129. The Labute approximate surface area is 164 Å². The van der Waals surface area contributed by atoms with E-state index in [1.807, 2.05) is 23.1 Å². The average Bonchev–Trinajstić information content (AvgIpc) is 2.74. The molecule has 4 rings (SSSR count). The molecule has 2 aliphatic rings. The first kappa shape index (κ1) is 18.5. The summed E-state index contributed by atoms with van der Waals surface area (Å²) in [4.78, 5) is 28.9. The summed E-state index contributed by atoms with van der Waals surface area (Å²) < 4.78 is 14.0. The number of anilines is 3. The molecule has 8 heteroatoms. The van der Waals surface area contributed by atoms with Gasteiger partial charge in [0, 0.05) is 65.5 Å². The minimum Gasteiger partial charge on any atom is -0.366 e. The van der Waals surface area contributed by atoms with Gasteiger partial charge in [0.1, 0.15) is 11.6 Å². The van der Waals surface area contributed by atoms with Gasteiger partial charge >= 0.3 is 0 Å². The lowest BCUT2D eigenvalue weighted by atomic mass is 10.2. The van der Waals surface area contributed by atoms with Crippen LogP contribution in [0.1, 0.15) is 6.92 Å². The Hall–Kier alpha value is -2.90. The molecule has 0 N–H and O–H groups in total. The fourth-order valence-corrected chi connectivity index (χ4v) is 3.77. The number of carbonyl (C=O) groups is 1. The predicted octanol–water partition coefficient (Wildman–Crippen LogP) is 1.61. The molecule has 1 aromatic heterocycles. The van der Waals surface area contributed by atoms with Gasteiger partial charge in [0.2, 0.25) is 11.9 Å². The van der Waals surface area contributed by atoms with Gasteiger partial charge in [-0.2, -0.15) is 4.98 Å². The highest BCUT2D eigenvalue weighted by molar-refractivity contribution is 5.73. The Morgan fingerprint density at radius 2 is 1.54 bits per heavy atom. The third-order valence-electron chi connectivity index (χ3n) is 5.43. The SMILES string of the molecule is CC(=O)N1CCN(c2nccc(N3CCN(c4ccccc4F)CC3)n2)CC1. The van der Waals surface area contributed by atoms with Crippen molar-refractivity contribution in [3.8, 4) is 0 Å². The van der Waals surface area contributed by atoms with Crippen molar-refractivity contribution in [2.24, 2.45) is 0 Å². The zero-order chi connectivity index (χ0) is 19.5. The van der Waals surface area contributed by atoms with E-state index in [1.54, 1.807) is 19.2 Å². The molecule has 1 aromatic carbocycles. The van der Waals surface area contributed by atoms with Gasteiger partial charge < -0.3 is 19.6 Å². The quantitative estimate of drug-likeness (QED) is 0.802. The molecule has 2 saturated heterocycles. The fraction of sp³-hybridized carbons (Fsp3) is 0.450. The number of rotatable bonds is 3. The maximum absolute atomic E-state index is 14.0. The number of aromatic nitrogens is 2. The molecule has 0 aliphatic carbocycles. The van der Waals surface area contributed by atoms with E-state index in [1.165, 1.54) is 6.07 Å². The number of benzene rings is 1. The Balaban J connectivity index is 1.39. The summed E-state index contributed by atoms with van der Waals surface area (Å²) >= 11 is 0. The molecular weight excluding hydrogens is 359 g/mol. The third kappa shape index (κ3) is 3.85. The number of nitrogens with zero attached hydrogens (tertiary/aromatic N) is 6. The minimum absolute atomic E-state index is 0.113. The monoisotopic (exact) mass is 384 g/mol. The summed E-state index contributed by atoms with van der Waals surface area (Å²) in [6.45, 7) is 7.54. The van der Waals surface area contributed by atoms with Gasteiger partial charge in [-0.1, -0.05) is 12.1 Å². The van der Waals surface area contributed by atoms with Crippen LogP contribution in [0.4, 0.5) is 21.8 Å². The van der Waals surface area contributed by atoms with Crippen LogP contribution in [0.5, 0.6) is 0 Å². The molecule has 1 amide bonds. The van der Waals surface area contributed by atoms with Gasteiger partial charge in [-0.25, -0.2) is 9.37 Å².